The molecule has 26 heavy (non-hydrogen) atoms. The summed E-state index contributed by atoms with van der Waals surface area (Å²) in [7, 11) is 0. The Bertz CT molecular complexity index is 782. The Hall–Kier alpha value is -2.61. The van der Waals surface area contributed by atoms with Crippen LogP contribution in [0.2, 0.25) is 0 Å². The zero-order chi connectivity index (χ0) is 18.5. The van der Waals surface area contributed by atoms with Crippen LogP contribution >= 0.6 is 11.3 Å². The Labute approximate surface area is 154 Å². The molecule has 0 aliphatic carbocycles. The molecule has 3 rings (SSSR count). The van der Waals surface area contributed by atoms with Crippen molar-refractivity contribution in [2.75, 3.05) is 6.61 Å². The highest BCUT2D eigenvalue weighted by Gasteiger charge is 2.24. The molecule has 0 radical (unpaired) electrons. The SMILES string of the molecule is NC(=O)N[C@@H](CC(=O)N[C@@H]1CCCOc2ccc(F)cc21)c1cccs1. The van der Waals surface area contributed by atoms with Gasteiger partial charge in [0.15, 0.2) is 0 Å². The fraction of sp³-hybridized carbons (Fsp3) is 0.333. The lowest BCUT2D eigenvalue weighted by molar-refractivity contribution is -0.122. The van der Waals surface area contributed by atoms with Gasteiger partial charge in [-0.3, -0.25) is 4.79 Å². The van der Waals surface area contributed by atoms with Crippen molar-refractivity contribution < 1.29 is 18.7 Å². The smallest absolute Gasteiger partial charge is 0.312 e. The standard InChI is InChI=1S/C18H20FN3O3S/c19-11-5-6-15-12(9-11)13(3-1-7-25-15)21-17(23)10-14(22-18(20)24)16-4-2-8-26-16/h2,4-6,8-9,13-14H,1,3,7,10H2,(H,21,23)(H3,20,22,24)/t13-,14+/m1/s1. The number of nitrogens with one attached hydrogen (secondary N) is 2. The van der Waals surface area contributed by atoms with Gasteiger partial charge in [-0.05, 0) is 42.5 Å². The predicted octanol–water partition coefficient (Wildman–Crippen LogP) is 3.02. The largest absolute Gasteiger partial charge is 0.493 e. The molecule has 0 saturated carbocycles. The Kier molecular flexibility index (Phi) is 5.72. The van der Waals surface area contributed by atoms with Gasteiger partial charge in [-0.25, -0.2) is 9.18 Å². The van der Waals surface area contributed by atoms with Gasteiger partial charge in [-0.1, -0.05) is 6.07 Å². The van der Waals surface area contributed by atoms with Gasteiger partial charge in [-0.15, -0.1) is 11.3 Å². The summed E-state index contributed by atoms with van der Waals surface area (Å²) in [6, 6.07) is 6.47. The lowest BCUT2D eigenvalue weighted by Crippen LogP contribution is -2.37. The van der Waals surface area contributed by atoms with Gasteiger partial charge >= 0.3 is 6.03 Å². The number of ether oxygens (including phenoxy) is 1. The summed E-state index contributed by atoms with van der Waals surface area (Å²) in [4.78, 5) is 24.7. The first kappa shape index (κ1) is 18.2. The van der Waals surface area contributed by atoms with Gasteiger partial charge < -0.3 is 21.1 Å². The maximum absolute atomic E-state index is 13.6. The molecule has 6 nitrogen and oxygen atoms in total. The summed E-state index contributed by atoms with van der Waals surface area (Å²) >= 11 is 1.44. The van der Waals surface area contributed by atoms with Crippen molar-refractivity contribution in [2.24, 2.45) is 5.73 Å². The summed E-state index contributed by atoms with van der Waals surface area (Å²) in [5, 5.41) is 7.40. The van der Waals surface area contributed by atoms with E-state index in [0.29, 0.717) is 24.3 Å². The number of thiophene rings is 1. The van der Waals surface area contributed by atoms with Crippen LogP contribution in [0.5, 0.6) is 5.75 Å². The van der Waals surface area contributed by atoms with E-state index in [2.05, 4.69) is 10.6 Å². The third-order valence-corrected chi connectivity index (χ3v) is 5.16. The van der Waals surface area contributed by atoms with Gasteiger partial charge in [0.25, 0.3) is 0 Å². The molecule has 0 saturated heterocycles. The van der Waals surface area contributed by atoms with E-state index in [1.54, 1.807) is 6.07 Å². The van der Waals surface area contributed by atoms with Crippen molar-refractivity contribution in [2.45, 2.75) is 31.3 Å². The molecule has 1 aliphatic heterocycles. The van der Waals surface area contributed by atoms with Crippen LogP contribution in [0.1, 0.15) is 41.8 Å². The van der Waals surface area contributed by atoms with Crippen molar-refractivity contribution >= 4 is 23.3 Å². The lowest BCUT2D eigenvalue weighted by Gasteiger charge is -2.21. The predicted molar refractivity (Wildman–Crippen MR) is 96.4 cm³/mol. The van der Waals surface area contributed by atoms with E-state index in [4.69, 9.17) is 10.5 Å². The number of fused-ring (bicyclic) bond motifs is 1. The first-order chi connectivity index (χ1) is 12.5. The second-order valence-electron chi connectivity index (χ2n) is 6.07. The van der Waals surface area contributed by atoms with E-state index in [1.165, 1.54) is 23.5 Å². The first-order valence-corrected chi connectivity index (χ1v) is 9.22. The average Bonchev–Trinajstić information content (AvgIpc) is 3.05. The zero-order valence-corrected chi connectivity index (χ0v) is 14.9. The van der Waals surface area contributed by atoms with Gasteiger partial charge in [0.1, 0.15) is 11.6 Å². The minimum absolute atomic E-state index is 0.0471. The topological polar surface area (TPSA) is 93.5 Å². The number of rotatable bonds is 5. The fourth-order valence-electron chi connectivity index (χ4n) is 3.02. The highest BCUT2D eigenvalue weighted by atomic mass is 32.1. The third-order valence-electron chi connectivity index (χ3n) is 4.17. The van der Waals surface area contributed by atoms with Gasteiger partial charge in [0, 0.05) is 10.4 Å². The number of nitrogens with two attached hydrogens (primary N) is 1. The minimum Gasteiger partial charge on any atom is -0.493 e. The maximum atomic E-state index is 13.6. The first-order valence-electron chi connectivity index (χ1n) is 8.34. The van der Waals surface area contributed by atoms with E-state index in [-0.39, 0.29) is 24.2 Å². The maximum Gasteiger partial charge on any atom is 0.312 e. The van der Waals surface area contributed by atoms with Crippen LogP contribution in [-0.2, 0) is 4.79 Å². The van der Waals surface area contributed by atoms with Crippen molar-refractivity contribution in [1.29, 1.82) is 0 Å². The second kappa shape index (κ2) is 8.18. The van der Waals surface area contributed by atoms with Crippen LogP contribution in [0.25, 0.3) is 0 Å². The molecular formula is C18H20FN3O3S. The van der Waals surface area contributed by atoms with Crippen LogP contribution in [-0.4, -0.2) is 18.5 Å². The molecule has 0 spiro atoms. The Balaban J connectivity index is 1.72. The van der Waals surface area contributed by atoms with Crippen LogP contribution < -0.4 is 21.1 Å². The quantitative estimate of drug-likeness (QED) is 0.748. The van der Waals surface area contributed by atoms with Crippen molar-refractivity contribution in [3.05, 3.63) is 52.0 Å². The zero-order valence-electron chi connectivity index (χ0n) is 14.0. The number of urea groups is 1. The molecular weight excluding hydrogens is 357 g/mol. The summed E-state index contributed by atoms with van der Waals surface area (Å²) in [6.45, 7) is 0.520. The molecule has 0 unspecified atom stereocenters. The molecule has 2 heterocycles. The van der Waals surface area contributed by atoms with Gasteiger partial charge in [0.05, 0.1) is 25.1 Å². The molecule has 0 bridgehead atoms. The normalized spacial score (nSPS) is 17.3. The molecule has 0 fully saturated rings. The van der Waals surface area contributed by atoms with Crippen molar-refractivity contribution in [3.8, 4) is 5.75 Å². The molecule has 4 N–H and O–H groups in total. The number of hydrogen-bond acceptors (Lipinski definition) is 4. The Morgan fingerprint density at radius 3 is 2.96 bits per heavy atom. The lowest BCUT2D eigenvalue weighted by atomic mass is 10.0. The number of carbonyl (C=O) groups excluding carboxylic acids is 2. The minimum atomic E-state index is -0.688. The highest BCUT2D eigenvalue weighted by Crippen LogP contribution is 2.32. The summed E-state index contributed by atoms with van der Waals surface area (Å²) in [6.07, 6.45) is 1.44. The van der Waals surface area contributed by atoms with Crippen molar-refractivity contribution in [3.63, 3.8) is 0 Å². The van der Waals surface area contributed by atoms with E-state index >= 15 is 0 Å². The van der Waals surface area contributed by atoms with Gasteiger partial charge in [-0.2, -0.15) is 0 Å². The van der Waals surface area contributed by atoms with Crippen LogP contribution in [0.4, 0.5) is 9.18 Å². The monoisotopic (exact) mass is 377 g/mol. The molecule has 3 amide bonds. The summed E-state index contributed by atoms with van der Waals surface area (Å²) in [5.41, 5.74) is 5.86. The molecule has 1 aromatic carbocycles. The molecule has 2 atom stereocenters. The highest BCUT2D eigenvalue weighted by molar-refractivity contribution is 7.10. The number of amides is 3. The van der Waals surface area contributed by atoms with E-state index < -0.39 is 12.1 Å². The van der Waals surface area contributed by atoms with Crippen LogP contribution in [0, 0.1) is 5.82 Å². The average molecular weight is 377 g/mol. The molecule has 2 aromatic rings. The fourth-order valence-corrected chi connectivity index (χ4v) is 3.80. The van der Waals surface area contributed by atoms with Crippen molar-refractivity contribution in [1.82, 2.24) is 10.6 Å². The summed E-state index contributed by atoms with van der Waals surface area (Å²) < 4.78 is 19.3. The number of halogens is 1. The van der Waals surface area contributed by atoms with E-state index in [0.717, 1.165) is 11.3 Å². The Morgan fingerprint density at radius 1 is 1.38 bits per heavy atom. The summed E-state index contributed by atoms with van der Waals surface area (Å²) in [5.74, 6) is -0.0427. The van der Waals surface area contributed by atoms with E-state index in [9.17, 15) is 14.0 Å². The van der Waals surface area contributed by atoms with E-state index in [1.807, 2.05) is 17.5 Å². The van der Waals surface area contributed by atoms with Gasteiger partial charge in [0.2, 0.25) is 5.91 Å². The molecule has 1 aromatic heterocycles. The number of carbonyl (C=O) groups is 2. The third kappa shape index (κ3) is 4.51. The molecule has 8 heteroatoms. The molecule has 138 valence electrons. The number of hydrogen-bond donors (Lipinski definition) is 3. The second-order valence-corrected chi connectivity index (χ2v) is 7.05. The Morgan fingerprint density at radius 2 is 2.23 bits per heavy atom. The van der Waals surface area contributed by atoms with Crippen LogP contribution in [0.3, 0.4) is 0 Å². The van der Waals surface area contributed by atoms with Crippen LogP contribution in [0.15, 0.2) is 35.7 Å². The number of benzene rings is 1. The number of primary amides is 1. The molecule has 1 aliphatic rings.